The van der Waals surface area contributed by atoms with Crippen LogP contribution in [0.15, 0.2) is 53.0 Å². The van der Waals surface area contributed by atoms with Gasteiger partial charge >= 0.3 is 0 Å². The van der Waals surface area contributed by atoms with Crippen LogP contribution in [-0.4, -0.2) is 10.8 Å². The number of hydrogen-bond donors (Lipinski definition) is 1. The van der Waals surface area contributed by atoms with Gasteiger partial charge < -0.3 is 5.32 Å². The SMILES string of the molecule is Cc1c(NC(=O)/C=C/c2ccccc2Br)cccc1[N+](=O)[O-]. The summed E-state index contributed by atoms with van der Waals surface area (Å²) in [7, 11) is 0. The number of benzene rings is 2. The van der Waals surface area contributed by atoms with Crippen LogP contribution in [0.4, 0.5) is 11.4 Å². The van der Waals surface area contributed by atoms with E-state index in [1.807, 2.05) is 24.3 Å². The molecule has 1 N–H and O–H groups in total. The zero-order chi connectivity index (χ0) is 16.1. The van der Waals surface area contributed by atoms with Crippen LogP contribution >= 0.6 is 15.9 Å². The maximum absolute atomic E-state index is 11.9. The molecule has 2 aromatic rings. The Morgan fingerprint density at radius 2 is 1.95 bits per heavy atom. The van der Waals surface area contributed by atoms with E-state index in [1.54, 1.807) is 19.1 Å². The Morgan fingerprint density at radius 3 is 2.64 bits per heavy atom. The number of amides is 1. The van der Waals surface area contributed by atoms with Crippen molar-refractivity contribution in [3.8, 4) is 0 Å². The van der Waals surface area contributed by atoms with E-state index in [-0.39, 0.29) is 11.6 Å². The monoisotopic (exact) mass is 360 g/mol. The molecule has 0 bridgehead atoms. The highest BCUT2D eigenvalue weighted by molar-refractivity contribution is 9.10. The number of hydrogen-bond acceptors (Lipinski definition) is 3. The van der Waals surface area contributed by atoms with Gasteiger partial charge in [-0.15, -0.1) is 0 Å². The number of nitro groups is 1. The van der Waals surface area contributed by atoms with Crippen molar-refractivity contribution in [2.45, 2.75) is 6.92 Å². The first-order valence-corrected chi connectivity index (χ1v) is 7.26. The molecule has 0 spiro atoms. The second-order valence-corrected chi connectivity index (χ2v) is 5.41. The van der Waals surface area contributed by atoms with E-state index in [2.05, 4.69) is 21.2 Å². The number of nitrogens with zero attached hydrogens (tertiary/aromatic N) is 1. The lowest BCUT2D eigenvalue weighted by Crippen LogP contribution is -2.09. The Kier molecular flexibility index (Phi) is 5.06. The first-order chi connectivity index (χ1) is 10.5. The summed E-state index contributed by atoms with van der Waals surface area (Å²) in [5.74, 6) is -0.348. The molecule has 0 aliphatic heterocycles. The minimum absolute atomic E-state index is 0.0208. The summed E-state index contributed by atoms with van der Waals surface area (Å²) in [6.45, 7) is 1.60. The lowest BCUT2D eigenvalue weighted by atomic mass is 10.1. The van der Waals surface area contributed by atoms with Crippen molar-refractivity contribution >= 4 is 39.3 Å². The van der Waals surface area contributed by atoms with Gasteiger partial charge in [-0.1, -0.05) is 40.2 Å². The first kappa shape index (κ1) is 15.9. The molecule has 2 aromatic carbocycles. The van der Waals surface area contributed by atoms with Gasteiger partial charge in [0.25, 0.3) is 5.69 Å². The standard InChI is InChI=1S/C16H13BrN2O3/c1-11-14(7-4-8-15(11)19(21)22)18-16(20)10-9-12-5-2-3-6-13(12)17/h2-10H,1H3,(H,18,20)/b10-9+. The predicted molar refractivity (Wildman–Crippen MR) is 89.6 cm³/mol. The lowest BCUT2D eigenvalue weighted by molar-refractivity contribution is -0.385. The van der Waals surface area contributed by atoms with Gasteiger partial charge in [-0.05, 0) is 30.7 Å². The number of nitro benzene ring substituents is 1. The molecule has 112 valence electrons. The fraction of sp³-hybridized carbons (Fsp3) is 0.0625. The molecule has 0 aliphatic carbocycles. The summed E-state index contributed by atoms with van der Waals surface area (Å²) in [5.41, 5.74) is 1.70. The molecule has 0 aliphatic rings. The summed E-state index contributed by atoms with van der Waals surface area (Å²) >= 11 is 3.39. The third kappa shape index (κ3) is 3.79. The molecule has 1 amide bonds. The Morgan fingerprint density at radius 1 is 1.23 bits per heavy atom. The van der Waals surface area contributed by atoms with Crippen molar-refractivity contribution < 1.29 is 9.72 Å². The van der Waals surface area contributed by atoms with E-state index in [1.165, 1.54) is 18.2 Å². The predicted octanol–water partition coefficient (Wildman–Crippen LogP) is 4.32. The van der Waals surface area contributed by atoms with Crippen LogP contribution in [0, 0.1) is 17.0 Å². The molecule has 0 radical (unpaired) electrons. The minimum Gasteiger partial charge on any atom is -0.322 e. The molecule has 0 unspecified atom stereocenters. The topological polar surface area (TPSA) is 72.2 Å². The Hall–Kier alpha value is -2.47. The molecule has 22 heavy (non-hydrogen) atoms. The molecule has 0 saturated heterocycles. The van der Waals surface area contributed by atoms with Gasteiger partial charge in [-0.3, -0.25) is 14.9 Å². The maximum Gasteiger partial charge on any atom is 0.274 e. The number of carbonyl (C=O) groups excluding carboxylic acids is 1. The van der Waals surface area contributed by atoms with Crippen LogP contribution in [-0.2, 0) is 4.79 Å². The zero-order valence-corrected chi connectivity index (χ0v) is 13.3. The minimum atomic E-state index is -0.470. The van der Waals surface area contributed by atoms with Crippen LogP contribution < -0.4 is 5.32 Å². The van der Waals surface area contributed by atoms with E-state index in [4.69, 9.17) is 0 Å². The summed E-state index contributed by atoms with van der Waals surface area (Å²) in [5, 5.41) is 13.5. The summed E-state index contributed by atoms with van der Waals surface area (Å²) in [6, 6.07) is 12.1. The van der Waals surface area contributed by atoms with E-state index >= 15 is 0 Å². The number of halogens is 1. The fourth-order valence-electron chi connectivity index (χ4n) is 1.91. The average Bonchev–Trinajstić information content (AvgIpc) is 2.48. The van der Waals surface area contributed by atoms with E-state index < -0.39 is 4.92 Å². The smallest absolute Gasteiger partial charge is 0.274 e. The fourth-order valence-corrected chi connectivity index (χ4v) is 2.32. The summed E-state index contributed by atoms with van der Waals surface area (Å²) in [4.78, 5) is 22.4. The van der Waals surface area contributed by atoms with Crippen LogP contribution in [0.5, 0.6) is 0 Å². The third-order valence-corrected chi connectivity index (χ3v) is 3.80. The van der Waals surface area contributed by atoms with Crippen molar-refractivity contribution in [2.24, 2.45) is 0 Å². The van der Waals surface area contributed by atoms with Gasteiger partial charge in [0, 0.05) is 16.6 Å². The van der Waals surface area contributed by atoms with Gasteiger partial charge in [0.1, 0.15) is 0 Å². The molecule has 6 heteroatoms. The molecule has 0 heterocycles. The van der Waals surface area contributed by atoms with Gasteiger partial charge in [0.15, 0.2) is 0 Å². The summed E-state index contributed by atoms with van der Waals surface area (Å²) in [6.07, 6.45) is 3.06. The maximum atomic E-state index is 11.9. The van der Waals surface area contributed by atoms with Gasteiger partial charge in [0.2, 0.25) is 5.91 Å². The number of anilines is 1. The Bertz CT molecular complexity index is 757. The molecule has 0 aromatic heterocycles. The van der Waals surface area contributed by atoms with Crippen molar-refractivity contribution in [2.75, 3.05) is 5.32 Å². The highest BCUT2D eigenvalue weighted by atomic mass is 79.9. The highest BCUT2D eigenvalue weighted by Gasteiger charge is 2.13. The van der Waals surface area contributed by atoms with Crippen molar-refractivity contribution in [1.82, 2.24) is 0 Å². The van der Waals surface area contributed by atoms with Gasteiger partial charge in [0.05, 0.1) is 16.2 Å². The van der Waals surface area contributed by atoms with E-state index in [9.17, 15) is 14.9 Å². The first-order valence-electron chi connectivity index (χ1n) is 6.46. The van der Waals surface area contributed by atoms with Crippen molar-refractivity contribution in [3.63, 3.8) is 0 Å². The normalized spacial score (nSPS) is 10.6. The van der Waals surface area contributed by atoms with Crippen molar-refractivity contribution in [1.29, 1.82) is 0 Å². The summed E-state index contributed by atoms with van der Waals surface area (Å²) < 4.78 is 0.880. The molecular formula is C16H13BrN2O3. The van der Waals surface area contributed by atoms with Crippen LogP contribution in [0.1, 0.15) is 11.1 Å². The van der Waals surface area contributed by atoms with Gasteiger partial charge in [-0.25, -0.2) is 0 Å². The highest BCUT2D eigenvalue weighted by Crippen LogP contribution is 2.25. The second kappa shape index (κ2) is 7.00. The van der Waals surface area contributed by atoms with Crippen LogP contribution in [0.3, 0.4) is 0 Å². The largest absolute Gasteiger partial charge is 0.322 e. The number of rotatable bonds is 4. The molecule has 2 rings (SSSR count). The Labute approximate surface area is 135 Å². The average molecular weight is 361 g/mol. The number of nitrogens with one attached hydrogen (secondary N) is 1. The lowest BCUT2D eigenvalue weighted by Gasteiger charge is -2.06. The van der Waals surface area contributed by atoms with Crippen molar-refractivity contribution in [3.05, 3.63) is 74.3 Å². The van der Waals surface area contributed by atoms with E-state index in [0.717, 1.165) is 10.0 Å². The quantitative estimate of drug-likeness (QED) is 0.501. The molecule has 0 saturated carbocycles. The van der Waals surface area contributed by atoms with E-state index in [0.29, 0.717) is 11.3 Å². The Balaban J connectivity index is 2.15. The van der Waals surface area contributed by atoms with Gasteiger partial charge in [-0.2, -0.15) is 0 Å². The molecular weight excluding hydrogens is 348 g/mol. The molecule has 5 nitrogen and oxygen atoms in total. The second-order valence-electron chi connectivity index (χ2n) is 4.55. The van der Waals surface area contributed by atoms with Crippen LogP contribution in [0.2, 0.25) is 0 Å². The molecule has 0 atom stereocenters. The molecule has 0 fully saturated rings. The van der Waals surface area contributed by atoms with Crippen LogP contribution in [0.25, 0.3) is 6.08 Å². The third-order valence-electron chi connectivity index (χ3n) is 3.08. The number of carbonyl (C=O) groups is 1. The zero-order valence-electron chi connectivity index (χ0n) is 11.7.